The van der Waals surface area contributed by atoms with Gasteiger partial charge in [-0.1, -0.05) is 12.1 Å². The van der Waals surface area contributed by atoms with E-state index in [0.29, 0.717) is 24.1 Å². The first-order chi connectivity index (χ1) is 14.5. The van der Waals surface area contributed by atoms with Crippen molar-refractivity contribution in [2.24, 2.45) is 11.5 Å². The van der Waals surface area contributed by atoms with Crippen molar-refractivity contribution in [3.05, 3.63) is 83.1 Å². The van der Waals surface area contributed by atoms with Gasteiger partial charge >= 0.3 is 0 Å². The predicted molar refractivity (Wildman–Crippen MR) is 115 cm³/mol. The summed E-state index contributed by atoms with van der Waals surface area (Å²) in [6, 6.07) is 7.28. The third-order valence-electron chi connectivity index (χ3n) is 4.68. The van der Waals surface area contributed by atoms with Gasteiger partial charge in [-0.2, -0.15) is 0 Å². The highest BCUT2D eigenvalue weighted by molar-refractivity contribution is 7.97. The van der Waals surface area contributed by atoms with Gasteiger partial charge in [0.15, 0.2) is 0 Å². The summed E-state index contributed by atoms with van der Waals surface area (Å²) < 4.78 is 45.8. The Morgan fingerprint density at radius 1 is 1.13 bits per heavy atom. The zero-order valence-corrected chi connectivity index (χ0v) is 17.1. The van der Waals surface area contributed by atoms with Gasteiger partial charge < -0.3 is 21.5 Å². The highest BCUT2D eigenvalue weighted by Crippen LogP contribution is 2.27. The average molecular weight is 436 g/mol. The smallest absolute Gasteiger partial charge is 0.143 e. The second-order valence-corrected chi connectivity index (χ2v) is 7.66. The van der Waals surface area contributed by atoms with Gasteiger partial charge in [-0.25, -0.2) is 13.2 Å². The Balaban J connectivity index is 1.68. The van der Waals surface area contributed by atoms with Crippen molar-refractivity contribution in [2.75, 3.05) is 18.4 Å². The molecule has 1 fully saturated rings. The fraction of sp³-hybridized carbons (Fsp3) is 0.238. The highest BCUT2D eigenvalue weighted by atomic mass is 32.2. The first kappa shape index (κ1) is 21.9. The van der Waals surface area contributed by atoms with E-state index in [2.05, 4.69) is 14.9 Å². The monoisotopic (exact) mass is 435 g/mol. The number of likely N-dealkylation sites (tertiary alicyclic amines) is 1. The van der Waals surface area contributed by atoms with Gasteiger partial charge in [0.1, 0.15) is 28.2 Å². The first-order valence-corrected chi connectivity index (χ1v) is 10.3. The van der Waals surface area contributed by atoms with E-state index in [-0.39, 0.29) is 28.8 Å². The lowest BCUT2D eigenvalue weighted by atomic mass is 10.0. The summed E-state index contributed by atoms with van der Waals surface area (Å²) in [6.07, 6.45) is 5.38. The maximum absolute atomic E-state index is 14.4. The predicted octanol–water partition coefficient (Wildman–Crippen LogP) is 3.79. The van der Waals surface area contributed by atoms with Gasteiger partial charge in [-0.05, 0) is 73.6 Å². The minimum Gasteiger partial charge on any atom is -0.405 e. The molecule has 2 aromatic rings. The fourth-order valence-electron chi connectivity index (χ4n) is 2.98. The average Bonchev–Trinajstić information content (AvgIpc) is 2.67. The van der Waals surface area contributed by atoms with Crippen LogP contribution in [0.1, 0.15) is 17.5 Å². The van der Waals surface area contributed by atoms with E-state index in [1.54, 1.807) is 6.07 Å². The lowest BCUT2D eigenvalue weighted by Crippen LogP contribution is -2.36. The summed E-state index contributed by atoms with van der Waals surface area (Å²) in [5, 5.41) is 2.93. The van der Waals surface area contributed by atoms with Crippen LogP contribution >= 0.6 is 11.9 Å². The van der Waals surface area contributed by atoms with Crippen molar-refractivity contribution in [3.63, 3.8) is 0 Å². The Bertz CT molecular complexity index is 921. The number of hydrogen-bond acceptors (Lipinski definition) is 6. The number of hydrogen-bond donors (Lipinski definition) is 4. The van der Waals surface area contributed by atoms with Crippen LogP contribution in [0.4, 0.5) is 18.9 Å². The van der Waals surface area contributed by atoms with E-state index in [9.17, 15) is 13.2 Å². The molecule has 6 N–H and O–H groups in total. The lowest BCUT2D eigenvalue weighted by Gasteiger charge is -2.31. The van der Waals surface area contributed by atoms with Crippen LogP contribution < -0.4 is 21.5 Å². The molecule has 160 valence electrons. The van der Waals surface area contributed by atoms with Crippen LogP contribution in [0.25, 0.3) is 0 Å². The largest absolute Gasteiger partial charge is 0.405 e. The van der Waals surface area contributed by atoms with Crippen LogP contribution in [0, 0.1) is 17.5 Å². The summed E-state index contributed by atoms with van der Waals surface area (Å²) in [6.45, 7) is 2.78. The van der Waals surface area contributed by atoms with Crippen LogP contribution in [0.3, 0.4) is 0 Å². The van der Waals surface area contributed by atoms with Crippen molar-refractivity contribution in [1.29, 1.82) is 0 Å². The molecule has 30 heavy (non-hydrogen) atoms. The second-order valence-electron chi connectivity index (χ2n) is 6.84. The summed E-state index contributed by atoms with van der Waals surface area (Å²) in [5.41, 5.74) is 12.4. The van der Waals surface area contributed by atoms with E-state index in [0.717, 1.165) is 25.1 Å². The molecule has 0 spiro atoms. The molecule has 0 saturated carbocycles. The highest BCUT2D eigenvalue weighted by Gasteiger charge is 2.18. The minimum absolute atomic E-state index is 0.126. The number of nitrogens with two attached hydrogens (primary N) is 2. The van der Waals surface area contributed by atoms with Crippen molar-refractivity contribution in [3.8, 4) is 0 Å². The normalized spacial score (nSPS) is 14.7. The van der Waals surface area contributed by atoms with E-state index in [1.807, 2.05) is 6.07 Å². The van der Waals surface area contributed by atoms with Gasteiger partial charge in [0, 0.05) is 24.3 Å². The van der Waals surface area contributed by atoms with E-state index in [4.69, 9.17) is 11.5 Å². The van der Waals surface area contributed by atoms with E-state index < -0.39 is 11.6 Å². The number of allylic oxidation sites excluding steroid dienone is 2. The standard InChI is InChI=1S/C21H24F3N5S/c22-17-5-1-4-14(13-29-8-3-9-29)16(17)12-27-15-10-18(23)21(19(24)11-15)30-28-20(26)6-2-7-25/h1-2,4-7,10-11,27-28H,3,8-9,12-13,25-26H2/b7-2-,20-6+. The molecule has 2 aromatic carbocycles. The molecule has 0 atom stereocenters. The molecule has 1 saturated heterocycles. The summed E-state index contributed by atoms with van der Waals surface area (Å²) in [5.74, 6) is -1.67. The third-order valence-corrected chi connectivity index (χ3v) is 5.62. The third kappa shape index (κ3) is 5.64. The maximum Gasteiger partial charge on any atom is 0.143 e. The minimum atomic E-state index is -0.758. The van der Waals surface area contributed by atoms with Crippen LogP contribution in [-0.2, 0) is 13.1 Å². The van der Waals surface area contributed by atoms with Gasteiger partial charge in [-0.15, -0.1) is 0 Å². The summed E-state index contributed by atoms with van der Waals surface area (Å²) >= 11 is 0.715. The van der Waals surface area contributed by atoms with Crippen LogP contribution in [-0.4, -0.2) is 18.0 Å². The van der Waals surface area contributed by atoms with Gasteiger partial charge in [0.05, 0.1) is 0 Å². The van der Waals surface area contributed by atoms with Gasteiger partial charge in [0.2, 0.25) is 0 Å². The van der Waals surface area contributed by atoms with Crippen LogP contribution in [0.15, 0.2) is 59.4 Å². The fourth-order valence-corrected chi connectivity index (χ4v) is 3.58. The van der Waals surface area contributed by atoms with E-state index in [1.165, 1.54) is 36.6 Å². The number of nitrogens with one attached hydrogen (secondary N) is 2. The van der Waals surface area contributed by atoms with Gasteiger partial charge in [0.25, 0.3) is 0 Å². The van der Waals surface area contributed by atoms with Crippen LogP contribution in [0.2, 0.25) is 0 Å². The molecule has 0 aromatic heterocycles. The molecule has 9 heteroatoms. The Kier molecular flexibility index (Phi) is 7.53. The molecule has 3 rings (SSSR count). The molecule has 1 aliphatic heterocycles. The number of halogens is 3. The lowest BCUT2D eigenvalue weighted by molar-refractivity contribution is 0.172. The van der Waals surface area contributed by atoms with Gasteiger partial charge in [-0.3, -0.25) is 4.90 Å². The van der Waals surface area contributed by atoms with Crippen molar-refractivity contribution < 1.29 is 13.2 Å². The van der Waals surface area contributed by atoms with E-state index >= 15 is 0 Å². The van der Waals surface area contributed by atoms with Crippen LogP contribution in [0.5, 0.6) is 0 Å². The Morgan fingerprint density at radius 2 is 1.87 bits per heavy atom. The summed E-state index contributed by atoms with van der Waals surface area (Å²) in [7, 11) is 0. The number of nitrogens with zero attached hydrogens (tertiary/aromatic N) is 1. The zero-order chi connectivity index (χ0) is 21.5. The van der Waals surface area contributed by atoms with Crippen molar-refractivity contribution in [2.45, 2.75) is 24.4 Å². The second kappa shape index (κ2) is 10.3. The molecule has 0 unspecified atom stereocenters. The Labute approximate surface area is 178 Å². The molecule has 1 heterocycles. The molecular formula is C21H24F3N5S. The topological polar surface area (TPSA) is 79.3 Å². The first-order valence-electron chi connectivity index (χ1n) is 9.46. The number of benzene rings is 2. The quantitative estimate of drug-likeness (QED) is 0.355. The molecule has 5 nitrogen and oxygen atoms in total. The maximum atomic E-state index is 14.4. The number of rotatable bonds is 9. The molecule has 0 amide bonds. The molecule has 0 bridgehead atoms. The Morgan fingerprint density at radius 3 is 2.50 bits per heavy atom. The van der Waals surface area contributed by atoms with Crippen molar-refractivity contribution in [1.82, 2.24) is 9.62 Å². The molecular weight excluding hydrogens is 411 g/mol. The number of anilines is 1. The summed E-state index contributed by atoms with van der Waals surface area (Å²) in [4.78, 5) is 2.00. The Hall–Kier alpha value is -2.78. The zero-order valence-electron chi connectivity index (χ0n) is 16.3. The molecule has 1 aliphatic rings. The SMILES string of the molecule is N/C=C\C=C(/N)NSc1c(F)cc(NCc2c(F)cccc2CN2CCC2)cc1F. The van der Waals surface area contributed by atoms with Crippen molar-refractivity contribution >= 4 is 17.6 Å². The molecule has 0 aliphatic carbocycles. The molecule has 0 radical (unpaired) electrons.